The first kappa shape index (κ1) is 5.14. The standard InChI is InChI=1S/C3H2O3/c4-2-1-3(5)6/h1H2. The molecule has 0 aliphatic rings. The van der Waals surface area contributed by atoms with Crippen molar-refractivity contribution in [3.05, 3.63) is 0 Å². The van der Waals surface area contributed by atoms with E-state index in [0.717, 1.165) is 6.29 Å². The molecule has 0 unspecified atom stereocenters. The van der Waals surface area contributed by atoms with Crippen molar-refractivity contribution >= 4 is 12.3 Å². The SMILES string of the molecule is [O]C(=O)C[C]=O. The summed E-state index contributed by atoms with van der Waals surface area (Å²) in [6, 6.07) is 0. The number of hydrogen-bond donors (Lipinski definition) is 0. The first-order chi connectivity index (χ1) is 2.77. The lowest BCUT2D eigenvalue weighted by Gasteiger charge is -1.64. The summed E-state index contributed by atoms with van der Waals surface area (Å²) in [7, 11) is 0. The number of carbonyl (C=O) groups is 1. The molecule has 6 heavy (non-hydrogen) atoms. The van der Waals surface area contributed by atoms with Gasteiger partial charge in [-0.25, -0.2) is 9.90 Å². The van der Waals surface area contributed by atoms with Gasteiger partial charge in [-0.3, -0.25) is 4.79 Å². The summed E-state index contributed by atoms with van der Waals surface area (Å²) in [6.07, 6.45) is 0.530. The van der Waals surface area contributed by atoms with Crippen LogP contribution in [-0.2, 0) is 14.7 Å². The second-order valence-electron chi connectivity index (χ2n) is 0.693. The van der Waals surface area contributed by atoms with Gasteiger partial charge < -0.3 is 0 Å². The smallest absolute Gasteiger partial charge is 0.290 e. The summed E-state index contributed by atoms with van der Waals surface area (Å²) in [5, 5.41) is 9.23. The van der Waals surface area contributed by atoms with Gasteiger partial charge in [0.1, 0.15) is 6.42 Å². The maximum Gasteiger partial charge on any atom is 0.363 e. The van der Waals surface area contributed by atoms with Crippen molar-refractivity contribution < 1.29 is 14.7 Å². The highest BCUT2D eigenvalue weighted by Crippen LogP contribution is 1.66. The molecule has 3 heteroatoms. The molecular weight excluding hydrogens is 84.0 g/mol. The number of carbonyl (C=O) groups excluding carboxylic acids is 2. The molecule has 0 aromatic heterocycles. The van der Waals surface area contributed by atoms with Gasteiger partial charge >= 0.3 is 5.97 Å². The van der Waals surface area contributed by atoms with Crippen LogP contribution in [0.4, 0.5) is 0 Å². The maximum absolute atomic E-state index is 9.23. The first-order valence-corrected chi connectivity index (χ1v) is 1.32. The van der Waals surface area contributed by atoms with E-state index in [1.165, 1.54) is 0 Å². The predicted octanol–water partition coefficient (Wildman–Crippen LogP) is -0.557. The van der Waals surface area contributed by atoms with Crippen LogP contribution in [0.15, 0.2) is 0 Å². The van der Waals surface area contributed by atoms with Crippen LogP contribution in [-0.4, -0.2) is 12.3 Å². The summed E-state index contributed by atoms with van der Waals surface area (Å²) >= 11 is 0. The average Bonchev–Trinajstić information content (AvgIpc) is 1.35. The van der Waals surface area contributed by atoms with Crippen molar-refractivity contribution in [2.75, 3.05) is 0 Å². The molecular formula is C3H2O3. The van der Waals surface area contributed by atoms with E-state index in [0.29, 0.717) is 0 Å². The molecule has 0 saturated carbocycles. The van der Waals surface area contributed by atoms with Gasteiger partial charge in [0.2, 0.25) is 6.29 Å². The van der Waals surface area contributed by atoms with Crippen LogP contribution in [0.1, 0.15) is 6.42 Å². The molecule has 0 aromatic carbocycles. The summed E-state index contributed by atoms with van der Waals surface area (Å²) in [5.74, 6) is -1.38. The van der Waals surface area contributed by atoms with Gasteiger partial charge in [-0.15, -0.1) is 0 Å². The van der Waals surface area contributed by atoms with Crippen molar-refractivity contribution in [2.24, 2.45) is 0 Å². The zero-order chi connectivity index (χ0) is 4.99. The highest BCUT2D eigenvalue weighted by atomic mass is 16.4. The van der Waals surface area contributed by atoms with Crippen molar-refractivity contribution in [3.63, 3.8) is 0 Å². The Bertz CT molecular complexity index is 66.4. The van der Waals surface area contributed by atoms with Gasteiger partial charge in [0.05, 0.1) is 0 Å². The van der Waals surface area contributed by atoms with E-state index in [-0.39, 0.29) is 0 Å². The Labute approximate surface area is 34.6 Å². The Morgan fingerprint density at radius 1 is 1.67 bits per heavy atom. The van der Waals surface area contributed by atoms with Crippen molar-refractivity contribution in [2.45, 2.75) is 6.42 Å². The van der Waals surface area contributed by atoms with E-state index in [2.05, 4.69) is 0 Å². The monoisotopic (exact) mass is 86.0 g/mol. The lowest BCUT2D eigenvalue weighted by Crippen LogP contribution is -1.90. The molecule has 0 amide bonds. The van der Waals surface area contributed by atoms with Crippen LogP contribution >= 0.6 is 0 Å². The number of hydrogen-bond acceptors (Lipinski definition) is 2. The topological polar surface area (TPSA) is 54.0 Å². The molecule has 0 aliphatic heterocycles. The van der Waals surface area contributed by atoms with E-state index in [1.807, 2.05) is 0 Å². The Morgan fingerprint density at radius 3 is 2.17 bits per heavy atom. The van der Waals surface area contributed by atoms with Crippen LogP contribution in [0.5, 0.6) is 0 Å². The van der Waals surface area contributed by atoms with E-state index in [9.17, 15) is 9.90 Å². The molecule has 0 rings (SSSR count). The third kappa shape index (κ3) is 3.14. The minimum Gasteiger partial charge on any atom is -0.290 e. The zero-order valence-electron chi connectivity index (χ0n) is 2.93. The van der Waals surface area contributed by atoms with Crippen LogP contribution in [0.3, 0.4) is 0 Å². The molecule has 0 heterocycles. The summed E-state index contributed by atoms with van der Waals surface area (Å²) in [6.45, 7) is 0. The molecule has 0 fully saturated rings. The fourth-order valence-corrected chi connectivity index (χ4v) is 0.0589. The van der Waals surface area contributed by atoms with Gasteiger partial charge in [-0.2, -0.15) is 0 Å². The highest BCUT2D eigenvalue weighted by Gasteiger charge is 1.93. The van der Waals surface area contributed by atoms with Gasteiger partial charge in [0.25, 0.3) is 0 Å². The molecule has 0 bridgehead atoms. The van der Waals surface area contributed by atoms with Crippen molar-refractivity contribution in [1.29, 1.82) is 0 Å². The van der Waals surface area contributed by atoms with Crippen LogP contribution in [0.2, 0.25) is 0 Å². The normalized spacial score (nSPS) is 7.33. The largest absolute Gasteiger partial charge is 0.363 e. The van der Waals surface area contributed by atoms with Gasteiger partial charge in [0.15, 0.2) is 0 Å². The lowest BCUT2D eigenvalue weighted by molar-refractivity contribution is -0.141. The summed E-state index contributed by atoms with van der Waals surface area (Å²) in [4.78, 5) is 18.3. The molecule has 2 radical (unpaired) electrons. The predicted molar refractivity (Wildman–Crippen MR) is 16.0 cm³/mol. The van der Waals surface area contributed by atoms with Gasteiger partial charge in [0, 0.05) is 0 Å². The lowest BCUT2D eigenvalue weighted by atomic mass is 10.5. The quantitative estimate of drug-likeness (QED) is 0.423. The molecule has 0 aromatic rings. The minimum absolute atomic E-state index is 0.625. The van der Waals surface area contributed by atoms with E-state index in [1.54, 1.807) is 0 Å². The Balaban J connectivity index is 3.05. The fraction of sp³-hybridized carbons (Fsp3) is 0.333. The second kappa shape index (κ2) is 2.38. The molecule has 0 N–H and O–H groups in total. The summed E-state index contributed by atoms with van der Waals surface area (Å²) in [5.41, 5.74) is 0. The van der Waals surface area contributed by atoms with E-state index >= 15 is 0 Å². The summed E-state index contributed by atoms with van der Waals surface area (Å²) < 4.78 is 0. The van der Waals surface area contributed by atoms with Crippen LogP contribution < -0.4 is 0 Å². The average molecular weight is 86.0 g/mol. The first-order valence-electron chi connectivity index (χ1n) is 1.32. The van der Waals surface area contributed by atoms with Gasteiger partial charge in [-0.05, 0) is 0 Å². The molecule has 0 atom stereocenters. The van der Waals surface area contributed by atoms with Crippen LogP contribution in [0.25, 0.3) is 0 Å². The molecule has 0 spiro atoms. The van der Waals surface area contributed by atoms with Crippen molar-refractivity contribution in [1.82, 2.24) is 0 Å². The minimum atomic E-state index is -1.38. The second-order valence-corrected chi connectivity index (χ2v) is 0.693. The Kier molecular flexibility index (Phi) is 2.04. The highest BCUT2D eigenvalue weighted by molar-refractivity contribution is 5.82. The van der Waals surface area contributed by atoms with E-state index < -0.39 is 12.4 Å². The van der Waals surface area contributed by atoms with Crippen molar-refractivity contribution in [3.8, 4) is 0 Å². The third-order valence-corrected chi connectivity index (χ3v) is 0.217. The molecule has 0 aliphatic carbocycles. The fourth-order valence-electron chi connectivity index (χ4n) is 0.0589. The zero-order valence-corrected chi connectivity index (χ0v) is 2.93. The Hall–Kier alpha value is -0.860. The van der Waals surface area contributed by atoms with Crippen LogP contribution in [0, 0.1) is 0 Å². The van der Waals surface area contributed by atoms with Gasteiger partial charge in [-0.1, -0.05) is 0 Å². The third-order valence-electron chi connectivity index (χ3n) is 0.217. The Morgan fingerprint density at radius 2 is 2.17 bits per heavy atom. The van der Waals surface area contributed by atoms with E-state index in [4.69, 9.17) is 4.79 Å². The molecule has 0 saturated heterocycles. The number of rotatable bonds is 2. The maximum atomic E-state index is 9.23. The molecule has 32 valence electrons. The molecule has 3 nitrogen and oxygen atoms in total.